The molecule has 3 heteroatoms. The molecule has 1 aliphatic carbocycles. The number of nitrogens with zero attached hydrogens (tertiary/aromatic N) is 2. The molecule has 1 saturated carbocycles. The molecule has 90 valence electrons. The summed E-state index contributed by atoms with van der Waals surface area (Å²) in [5, 5.41) is 3.52. The van der Waals surface area contributed by atoms with E-state index in [2.05, 4.69) is 47.0 Å². The number of aromatic nitrogens is 2. The van der Waals surface area contributed by atoms with Gasteiger partial charge >= 0.3 is 0 Å². The lowest BCUT2D eigenvalue weighted by Crippen LogP contribution is -2.23. The fraction of sp³-hybridized carbons (Fsp3) is 0.500. The Morgan fingerprint density at radius 2 is 2.12 bits per heavy atom. The van der Waals surface area contributed by atoms with Crippen molar-refractivity contribution in [1.82, 2.24) is 14.9 Å². The summed E-state index contributed by atoms with van der Waals surface area (Å²) in [5.41, 5.74) is 2.86. The van der Waals surface area contributed by atoms with E-state index in [1.807, 2.05) is 6.07 Å². The van der Waals surface area contributed by atoms with Crippen LogP contribution in [0.5, 0.6) is 0 Å². The molecule has 0 bridgehead atoms. The van der Waals surface area contributed by atoms with Crippen molar-refractivity contribution in [3.05, 3.63) is 30.1 Å². The molecule has 1 fully saturated rings. The minimum atomic E-state index is 0.560. The summed E-state index contributed by atoms with van der Waals surface area (Å²) >= 11 is 0. The van der Waals surface area contributed by atoms with Crippen LogP contribution in [-0.2, 0) is 13.6 Å². The molecule has 0 amide bonds. The summed E-state index contributed by atoms with van der Waals surface area (Å²) in [6.45, 7) is 4.31. The third kappa shape index (κ3) is 2.07. The third-order valence-electron chi connectivity index (χ3n) is 3.82. The van der Waals surface area contributed by atoms with Gasteiger partial charge in [-0.3, -0.25) is 0 Å². The molecule has 1 aromatic heterocycles. The smallest absolute Gasteiger partial charge is 0.123 e. The van der Waals surface area contributed by atoms with Crippen LogP contribution in [-0.4, -0.2) is 16.1 Å². The van der Waals surface area contributed by atoms with E-state index in [1.165, 1.54) is 18.4 Å². The van der Waals surface area contributed by atoms with Gasteiger partial charge in [0.1, 0.15) is 5.82 Å². The van der Waals surface area contributed by atoms with E-state index in [0.29, 0.717) is 5.41 Å². The highest BCUT2D eigenvalue weighted by atomic mass is 15.1. The van der Waals surface area contributed by atoms with Crippen LogP contribution < -0.4 is 5.32 Å². The van der Waals surface area contributed by atoms with Crippen molar-refractivity contribution in [2.45, 2.75) is 26.3 Å². The Morgan fingerprint density at radius 3 is 2.82 bits per heavy atom. The molecule has 0 unspecified atom stereocenters. The molecule has 0 atom stereocenters. The normalized spacial score (nSPS) is 17.5. The molecule has 1 N–H and O–H groups in total. The summed E-state index contributed by atoms with van der Waals surface area (Å²) < 4.78 is 2.18. The SMILES string of the molecule is Cn1c(CNCC2(C)CC2)nc2ccccc21. The van der Waals surface area contributed by atoms with E-state index >= 15 is 0 Å². The third-order valence-corrected chi connectivity index (χ3v) is 3.82. The Morgan fingerprint density at radius 1 is 1.35 bits per heavy atom. The van der Waals surface area contributed by atoms with Crippen LogP contribution in [0.1, 0.15) is 25.6 Å². The maximum Gasteiger partial charge on any atom is 0.123 e. The van der Waals surface area contributed by atoms with Crippen LogP contribution in [0.15, 0.2) is 24.3 Å². The Bertz CT molecular complexity index is 537. The van der Waals surface area contributed by atoms with Crippen molar-refractivity contribution in [1.29, 1.82) is 0 Å². The molecule has 0 saturated heterocycles. The van der Waals surface area contributed by atoms with Gasteiger partial charge in [0.15, 0.2) is 0 Å². The molecule has 0 spiro atoms. The highest BCUT2D eigenvalue weighted by Gasteiger charge is 2.36. The number of rotatable bonds is 4. The van der Waals surface area contributed by atoms with Gasteiger partial charge in [0.2, 0.25) is 0 Å². The second kappa shape index (κ2) is 3.84. The predicted octanol–water partition coefficient (Wildman–Crippen LogP) is 2.46. The van der Waals surface area contributed by atoms with Crippen molar-refractivity contribution in [2.75, 3.05) is 6.54 Å². The first-order chi connectivity index (χ1) is 8.18. The van der Waals surface area contributed by atoms with Crippen LogP contribution in [0.25, 0.3) is 11.0 Å². The monoisotopic (exact) mass is 229 g/mol. The summed E-state index contributed by atoms with van der Waals surface area (Å²) in [5.74, 6) is 1.12. The van der Waals surface area contributed by atoms with Gasteiger partial charge in [-0.1, -0.05) is 19.1 Å². The Balaban J connectivity index is 1.74. The Labute approximate surface area is 102 Å². The average Bonchev–Trinajstić information content (AvgIpc) is 2.97. The van der Waals surface area contributed by atoms with Crippen molar-refractivity contribution in [3.8, 4) is 0 Å². The fourth-order valence-corrected chi connectivity index (χ4v) is 2.22. The topological polar surface area (TPSA) is 29.9 Å². The molecular formula is C14H19N3. The predicted molar refractivity (Wildman–Crippen MR) is 69.8 cm³/mol. The van der Waals surface area contributed by atoms with Gasteiger partial charge in [-0.25, -0.2) is 4.98 Å². The van der Waals surface area contributed by atoms with Gasteiger partial charge < -0.3 is 9.88 Å². The van der Waals surface area contributed by atoms with Crippen LogP contribution in [0.3, 0.4) is 0 Å². The lowest BCUT2D eigenvalue weighted by molar-refractivity contribution is 0.490. The van der Waals surface area contributed by atoms with Crippen LogP contribution in [0.2, 0.25) is 0 Å². The number of para-hydroxylation sites is 2. The summed E-state index contributed by atoms with van der Waals surface area (Å²) in [6, 6.07) is 8.29. The maximum absolute atomic E-state index is 4.65. The number of nitrogens with one attached hydrogen (secondary N) is 1. The van der Waals surface area contributed by atoms with Crippen LogP contribution in [0, 0.1) is 5.41 Å². The molecule has 1 aromatic carbocycles. The molecule has 1 aliphatic rings. The number of imidazole rings is 1. The average molecular weight is 229 g/mol. The summed E-state index contributed by atoms with van der Waals surface area (Å²) in [4.78, 5) is 4.65. The zero-order valence-electron chi connectivity index (χ0n) is 10.5. The molecule has 0 radical (unpaired) electrons. The van der Waals surface area contributed by atoms with E-state index < -0.39 is 0 Å². The zero-order chi connectivity index (χ0) is 11.9. The van der Waals surface area contributed by atoms with E-state index in [4.69, 9.17) is 0 Å². The van der Waals surface area contributed by atoms with Crippen molar-refractivity contribution in [3.63, 3.8) is 0 Å². The van der Waals surface area contributed by atoms with Gasteiger partial charge in [0, 0.05) is 13.6 Å². The number of benzene rings is 1. The van der Waals surface area contributed by atoms with Crippen LogP contribution >= 0.6 is 0 Å². The highest BCUT2D eigenvalue weighted by Crippen LogP contribution is 2.44. The molecule has 2 aromatic rings. The Hall–Kier alpha value is -1.35. The molecule has 0 aliphatic heterocycles. The highest BCUT2D eigenvalue weighted by molar-refractivity contribution is 5.75. The number of hydrogen-bond donors (Lipinski definition) is 1. The van der Waals surface area contributed by atoms with Crippen molar-refractivity contribution >= 4 is 11.0 Å². The van der Waals surface area contributed by atoms with E-state index in [9.17, 15) is 0 Å². The second-order valence-electron chi connectivity index (χ2n) is 5.49. The van der Waals surface area contributed by atoms with Gasteiger partial charge in [-0.2, -0.15) is 0 Å². The van der Waals surface area contributed by atoms with Gasteiger partial charge in [0.25, 0.3) is 0 Å². The largest absolute Gasteiger partial charge is 0.330 e. The van der Waals surface area contributed by atoms with E-state index in [-0.39, 0.29) is 0 Å². The molecule has 1 heterocycles. The maximum atomic E-state index is 4.65. The van der Waals surface area contributed by atoms with Crippen molar-refractivity contribution in [2.24, 2.45) is 12.5 Å². The lowest BCUT2D eigenvalue weighted by atomic mass is 10.1. The number of aryl methyl sites for hydroxylation is 1. The summed E-state index contributed by atoms with van der Waals surface area (Å²) in [7, 11) is 2.09. The minimum absolute atomic E-state index is 0.560. The summed E-state index contributed by atoms with van der Waals surface area (Å²) in [6.07, 6.45) is 2.73. The number of fused-ring (bicyclic) bond motifs is 1. The first-order valence-electron chi connectivity index (χ1n) is 6.29. The van der Waals surface area contributed by atoms with Gasteiger partial charge in [-0.05, 0) is 30.4 Å². The first-order valence-corrected chi connectivity index (χ1v) is 6.29. The lowest BCUT2D eigenvalue weighted by Gasteiger charge is -2.09. The van der Waals surface area contributed by atoms with Crippen LogP contribution in [0.4, 0.5) is 0 Å². The van der Waals surface area contributed by atoms with E-state index in [0.717, 1.165) is 24.4 Å². The molecular weight excluding hydrogens is 210 g/mol. The van der Waals surface area contributed by atoms with Gasteiger partial charge in [0.05, 0.1) is 17.6 Å². The van der Waals surface area contributed by atoms with E-state index in [1.54, 1.807) is 0 Å². The Kier molecular flexibility index (Phi) is 2.44. The first kappa shape index (κ1) is 10.8. The molecule has 3 rings (SSSR count). The minimum Gasteiger partial charge on any atom is -0.330 e. The molecule has 17 heavy (non-hydrogen) atoms. The second-order valence-corrected chi connectivity index (χ2v) is 5.49. The standard InChI is InChI=1S/C14H19N3/c1-14(7-8-14)10-15-9-13-16-11-5-3-4-6-12(11)17(13)2/h3-6,15H,7-10H2,1-2H3. The number of hydrogen-bond acceptors (Lipinski definition) is 2. The molecule has 3 nitrogen and oxygen atoms in total. The van der Waals surface area contributed by atoms with Gasteiger partial charge in [-0.15, -0.1) is 0 Å². The quantitative estimate of drug-likeness (QED) is 0.872. The van der Waals surface area contributed by atoms with Crippen molar-refractivity contribution < 1.29 is 0 Å². The zero-order valence-corrected chi connectivity index (χ0v) is 10.5. The fourth-order valence-electron chi connectivity index (χ4n) is 2.22.